The molecule has 2 aromatic carbocycles. The predicted octanol–water partition coefficient (Wildman–Crippen LogP) is 2.17. The molecule has 0 amide bonds. The van der Waals surface area contributed by atoms with Crippen molar-refractivity contribution in [3.05, 3.63) is 70.1 Å². The molecule has 0 radical (unpaired) electrons. The van der Waals surface area contributed by atoms with Crippen LogP contribution in [0.15, 0.2) is 53.3 Å². The number of methoxy groups -OCH3 is 1. The first-order valence-electron chi connectivity index (χ1n) is 6.76. The minimum atomic E-state index is -0.403. The summed E-state index contributed by atoms with van der Waals surface area (Å²) in [6, 6.07) is 13.8. The van der Waals surface area contributed by atoms with Gasteiger partial charge in [0, 0.05) is 12.6 Å². The van der Waals surface area contributed by atoms with Crippen LogP contribution in [0.3, 0.4) is 0 Å². The van der Waals surface area contributed by atoms with Crippen LogP contribution in [-0.2, 0) is 7.05 Å². The van der Waals surface area contributed by atoms with Crippen LogP contribution in [0, 0.1) is 0 Å². The Labute approximate surface area is 126 Å². The maximum absolute atomic E-state index is 12.5. The molecule has 0 bridgehead atoms. The lowest BCUT2D eigenvalue weighted by atomic mass is 10.1. The van der Waals surface area contributed by atoms with Gasteiger partial charge >= 0.3 is 0 Å². The Kier molecular flexibility index (Phi) is 3.47. The molecule has 0 aliphatic heterocycles. The van der Waals surface area contributed by atoms with Crippen molar-refractivity contribution in [2.24, 2.45) is 7.05 Å². The fraction of sp³-hybridized carbons (Fsp3) is 0.118. The molecule has 0 atom stereocenters. The van der Waals surface area contributed by atoms with Crippen molar-refractivity contribution in [1.29, 1.82) is 0 Å². The third-order valence-corrected chi connectivity index (χ3v) is 3.55. The van der Waals surface area contributed by atoms with Crippen molar-refractivity contribution in [3.8, 4) is 5.75 Å². The van der Waals surface area contributed by atoms with Crippen LogP contribution in [0.25, 0.3) is 11.0 Å². The fourth-order valence-electron chi connectivity index (χ4n) is 2.31. The van der Waals surface area contributed by atoms with E-state index in [0.29, 0.717) is 22.3 Å². The number of para-hydroxylation sites is 2. The molecular formula is C17H14N2O3. The number of fused-ring (bicyclic) bond motifs is 1. The molecule has 3 rings (SSSR count). The van der Waals surface area contributed by atoms with E-state index in [2.05, 4.69) is 4.98 Å². The van der Waals surface area contributed by atoms with E-state index in [1.807, 2.05) is 12.1 Å². The normalized spacial score (nSPS) is 10.6. The van der Waals surface area contributed by atoms with Crippen LogP contribution in [0.2, 0.25) is 0 Å². The van der Waals surface area contributed by atoms with E-state index in [1.165, 1.54) is 4.57 Å². The molecule has 0 aliphatic rings. The fourth-order valence-corrected chi connectivity index (χ4v) is 2.31. The van der Waals surface area contributed by atoms with Gasteiger partial charge in [0.1, 0.15) is 5.75 Å². The van der Waals surface area contributed by atoms with E-state index in [1.54, 1.807) is 50.6 Å². The van der Waals surface area contributed by atoms with E-state index in [0.717, 1.165) is 0 Å². The largest absolute Gasteiger partial charge is 0.497 e. The monoisotopic (exact) mass is 294 g/mol. The van der Waals surface area contributed by atoms with Gasteiger partial charge < -0.3 is 9.30 Å². The smallest absolute Gasteiger partial charge is 0.280 e. The summed E-state index contributed by atoms with van der Waals surface area (Å²) in [5, 5.41) is 0. The van der Waals surface area contributed by atoms with E-state index in [-0.39, 0.29) is 5.69 Å². The Morgan fingerprint density at radius 1 is 1.09 bits per heavy atom. The van der Waals surface area contributed by atoms with Crippen LogP contribution >= 0.6 is 0 Å². The van der Waals surface area contributed by atoms with Gasteiger partial charge in [0.2, 0.25) is 5.78 Å². The number of hydrogen-bond donors (Lipinski definition) is 0. The Balaban J connectivity index is 2.14. The molecule has 0 N–H and O–H groups in total. The summed E-state index contributed by atoms with van der Waals surface area (Å²) in [6.45, 7) is 0. The lowest BCUT2D eigenvalue weighted by Crippen LogP contribution is -2.27. The van der Waals surface area contributed by atoms with Crippen molar-refractivity contribution in [1.82, 2.24) is 9.55 Å². The molecule has 1 heterocycles. The Morgan fingerprint density at radius 3 is 2.45 bits per heavy atom. The number of aromatic nitrogens is 2. The lowest BCUT2D eigenvalue weighted by molar-refractivity contribution is 0.103. The molecule has 0 aliphatic carbocycles. The van der Waals surface area contributed by atoms with Gasteiger partial charge in [0.15, 0.2) is 5.69 Å². The first kappa shape index (κ1) is 14.0. The second-order valence-corrected chi connectivity index (χ2v) is 4.87. The van der Waals surface area contributed by atoms with Gasteiger partial charge in [-0.05, 0) is 36.4 Å². The molecule has 1 aromatic heterocycles. The van der Waals surface area contributed by atoms with Crippen LogP contribution in [0.1, 0.15) is 16.1 Å². The number of rotatable bonds is 3. The van der Waals surface area contributed by atoms with Crippen molar-refractivity contribution in [2.75, 3.05) is 7.11 Å². The van der Waals surface area contributed by atoms with E-state index in [4.69, 9.17) is 4.74 Å². The Morgan fingerprint density at radius 2 is 1.77 bits per heavy atom. The van der Waals surface area contributed by atoms with Gasteiger partial charge in [-0.25, -0.2) is 4.98 Å². The molecular weight excluding hydrogens is 280 g/mol. The van der Waals surface area contributed by atoms with Gasteiger partial charge in [-0.2, -0.15) is 0 Å². The summed E-state index contributed by atoms with van der Waals surface area (Å²) in [5.74, 6) is 0.255. The number of hydrogen-bond acceptors (Lipinski definition) is 4. The number of benzene rings is 2. The summed E-state index contributed by atoms with van der Waals surface area (Å²) in [5.41, 5.74) is 1.23. The van der Waals surface area contributed by atoms with E-state index >= 15 is 0 Å². The zero-order chi connectivity index (χ0) is 15.7. The number of carbonyl (C=O) groups excluding carboxylic acids is 1. The minimum absolute atomic E-state index is 0.0774. The highest BCUT2D eigenvalue weighted by molar-refractivity contribution is 6.08. The van der Waals surface area contributed by atoms with Crippen molar-refractivity contribution >= 4 is 16.8 Å². The standard InChI is InChI=1S/C17H14N2O3/c1-19-14-6-4-3-5-13(14)18-15(17(19)21)16(20)11-7-9-12(22-2)10-8-11/h3-10H,1-2H3. The number of ketones is 1. The average molecular weight is 294 g/mol. The first-order valence-corrected chi connectivity index (χ1v) is 6.76. The van der Waals surface area contributed by atoms with Gasteiger partial charge in [-0.3, -0.25) is 9.59 Å². The van der Waals surface area contributed by atoms with Gasteiger partial charge in [-0.15, -0.1) is 0 Å². The summed E-state index contributed by atoms with van der Waals surface area (Å²) in [4.78, 5) is 29.2. The highest BCUT2D eigenvalue weighted by Crippen LogP contribution is 2.15. The summed E-state index contributed by atoms with van der Waals surface area (Å²) < 4.78 is 6.51. The predicted molar refractivity (Wildman–Crippen MR) is 83.4 cm³/mol. The zero-order valence-electron chi connectivity index (χ0n) is 12.2. The van der Waals surface area contributed by atoms with Crippen LogP contribution in [0.5, 0.6) is 5.75 Å². The summed E-state index contributed by atoms with van der Waals surface area (Å²) in [7, 11) is 3.19. The number of carbonyl (C=O) groups is 1. The molecule has 0 unspecified atom stereocenters. The molecule has 5 heteroatoms. The van der Waals surface area contributed by atoms with Gasteiger partial charge in [-0.1, -0.05) is 12.1 Å². The first-order chi connectivity index (χ1) is 10.6. The summed E-state index contributed by atoms with van der Waals surface area (Å²) in [6.07, 6.45) is 0. The van der Waals surface area contributed by atoms with E-state index < -0.39 is 11.3 Å². The molecule has 0 saturated heterocycles. The Hall–Kier alpha value is -2.95. The molecule has 3 aromatic rings. The molecule has 0 spiro atoms. The molecule has 0 saturated carbocycles. The highest BCUT2D eigenvalue weighted by atomic mass is 16.5. The quantitative estimate of drug-likeness (QED) is 0.695. The van der Waals surface area contributed by atoms with Crippen LogP contribution in [0.4, 0.5) is 0 Å². The highest BCUT2D eigenvalue weighted by Gasteiger charge is 2.17. The zero-order valence-corrected chi connectivity index (χ0v) is 12.2. The van der Waals surface area contributed by atoms with Gasteiger partial charge in [0.05, 0.1) is 18.1 Å². The SMILES string of the molecule is COc1ccc(C(=O)c2nc3ccccc3n(C)c2=O)cc1. The summed E-state index contributed by atoms with van der Waals surface area (Å²) >= 11 is 0. The average Bonchev–Trinajstić information content (AvgIpc) is 2.57. The second-order valence-electron chi connectivity index (χ2n) is 4.87. The Bertz CT molecular complexity index is 911. The maximum Gasteiger partial charge on any atom is 0.280 e. The maximum atomic E-state index is 12.5. The minimum Gasteiger partial charge on any atom is -0.497 e. The number of nitrogens with zero attached hydrogens (tertiary/aromatic N) is 2. The number of aryl methyl sites for hydroxylation is 1. The molecule has 5 nitrogen and oxygen atoms in total. The molecule has 22 heavy (non-hydrogen) atoms. The van der Waals surface area contributed by atoms with Gasteiger partial charge in [0.25, 0.3) is 5.56 Å². The molecule has 110 valence electrons. The second kappa shape index (κ2) is 5.44. The number of ether oxygens (including phenoxy) is 1. The van der Waals surface area contributed by atoms with Crippen LogP contribution in [-0.4, -0.2) is 22.4 Å². The topological polar surface area (TPSA) is 61.2 Å². The van der Waals surface area contributed by atoms with E-state index in [9.17, 15) is 9.59 Å². The molecule has 0 fully saturated rings. The lowest BCUT2D eigenvalue weighted by Gasteiger charge is -2.07. The van der Waals surface area contributed by atoms with Crippen molar-refractivity contribution < 1.29 is 9.53 Å². The van der Waals surface area contributed by atoms with Crippen molar-refractivity contribution in [2.45, 2.75) is 0 Å². The van der Waals surface area contributed by atoms with Crippen molar-refractivity contribution in [3.63, 3.8) is 0 Å². The third-order valence-electron chi connectivity index (χ3n) is 3.55. The van der Waals surface area contributed by atoms with Crippen LogP contribution < -0.4 is 10.3 Å². The third kappa shape index (κ3) is 2.26.